The Morgan fingerprint density at radius 3 is 2.73 bits per heavy atom. The Kier molecular flexibility index (Phi) is 5.74. The molecule has 2 aromatic rings. The van der Waals surface area contributed by atoms with Crippen molar-refractivity contribution in [3.05, 3.63) is 70.8 Å². The van der Waals surface area contributed by atoms with Crippen LogP contribution in [-0.4, -0.2) is 19.2 Å². The molecule has 2 rings (SSSR count). The number of carbonyl (C=O) groups excluding carboxylic acids is 1. The second-order valence-electron chi connectivity index (χ2n) is 4.33. The largest absolute Gasteiger partial charge is 0.496 e. The number of methoxy groups -OCH3 is 1. The van der Waals surface area contributed by atoms with Gasteiger partial charge in [-0.1, -0.05) is 48.0 Å². The number of allylic oxidation sites excluding steroid dienone is 1. The van der Waals surface area contributed by atoms with Crippen LogP contribution in [0.2, 0.25) is 5.02 Å². The lowest BCUT2D eigenvalue weighted by atomic mass is 10.2. The lowest BCUT2D eigenvalue weighted by molar-refractivity contribution is 0.0952. The number of halogens is 1. The Hall–Kier alpha value is -2.59. The molecule has 0 aliphatic rings. The van der Waals surface area contributed by atoms with Crippen LogP contribution in [0.1, 0.15) is 15.9 Å². The van der Waals surface area contributed by atoms with Crippen LogP contribution in [0.25, 0.3) is 6.08 Å². The van der Waals surface area contributed by atoms with E-state index in [-0.39, 0.29) is 5.91 Å². The summed E-state index contributed by atoms with van der Waals surface area (Å²) in [4.78, 5) is 12.0. The highest BCUT2D eigenvalue weighted by Gasteiger charge is 2.11. The molecule has 0 bridgehead atoms. The highest BCUT2D eigenvalue weighted by atomic mass is 35.5. The van der Waals surface area contributed by atoms with E-state index in [1.54, 1.807) is 18.2 Å². The van der Waals surface area contributed by atoms with E-state index in [1.807, 2.05) is 36.4 Å². The first-order valence-electron chi connectivity index (χ1n) is 6.59. The third kappa shape index (κ3) is 4.46. The van der Waals surface area contributed by atoms with Gasteiger partial charge in [0.15, 0.2) is 0 Å². The van der Waals surface area contributed by atoms with Crippen molar-refractivity contribution in [1.82, 2.24) is 5.43 Å². The summed E-state index contributed by atoms with van der Waals surface area (Å²) >= 11 is 5.88. The maximum atomic E-state index is 12.0. The number of ether oxygens (including phenoxy) is 1. The van der Waals surface area contributed by atoms with Crippen LogP contribution in [0, 0.1) is 0 Å². The van der Waals surface area contributed by atoms with Crippen molar-refractivity contribution in [3.63, 3.8) is 0 Å². The fraction of sp³-hybridized carbons (Fsp3) is 0.0588. The summed E-state index contributed by atoms with van der Waals surface area (Å²) in [5.74, 6) is 0.0561. The number of rotatable bonds is 5. The predicted molar refractivity (Wildman–Crippen MR) is 89.4 cm³/mol. The molecule has 0 unspecified atom stereocenters. The molecule has 0 saturated carbocycles. The zero-order chi connectivity index (χ0) is 15.8. The van der Waals surface area contributed by atoms with E-state index in [2.05, 4.69) is 10.5 Å². The molecule has 0 aliphatic heterocycles. The van der Waals surface area contributed by atoms with Crippen LogP contribution < -0.4 is 10.2 Å². The molecule has 112 valence electrons. The van der Waals surface area contributed by atoms with E-state index in [4.69, 9.17) is 16.3 Å². The number of hydrogen-bond donors (Lipinski definition) is 1. The number of benzene rings is 2. The first-order valence-corrected chi connectivity index (χ1v) is 6.97. The smallest absolute Gasteiger partial charge is 0.275 e. The maximum Gasteiger partial charge on any atom is 0.275 e. The quantitative estimate of drug-likeness (QED) is 0.674. The van der Waals surface area contributed by atoms with Gasteiger partial charge in [0.1, 0.15) is 5.75 Å². The van der Waals surface area contributed by atoms with Crippen molar-refractivity contribution in [2.24, 2.45) is 5.10 Å². The van der Waals surface area contributed by atoms with Gasteiger partial charge in [0, 0.05) is 11.2 Å². The van der Waals surface area contributed by atoms with Crippen LogP contribution in [0.15, 0.2) is 59.7 Å². The van der Waals surface area contributed by atoms with Gasteiger partial charge in [0.05, 0.1) is 12.7 Å². The molecule has 0 spiro atoms. The van der Waals surface area contributed by atoms with E-state index in [0.717, 1.165) is 5.56 Å². The molecule has 1 N–H and O–H groups in total. The van der Waals surface area contributed by atoms with Gasteiger partial charge < -0.3 is 4.74 Å². The first kappa shape index (κ1) is 15.8. The SMILES string of the molecule is COc1ccc(Cl)cc1C(=O)NN=CC=Cc1ccccc1. The van der Waals surface area contributed by atoms with Crippen molar-refractivity contribution in [2.75, 3.05) is 7.11 Å². The summed E-state index contributed by atoms with van der Waals surface area (Å²) in [5.41, 5.74) is 3.81. The van der Waals surface area contributed by atoms with Gasteiger partial charge >= 0.3 is 0 Å². The Balaban J connectivity index is 1.97. The molecule has 0 radical (unpaired) electrons. The van der Waals surface area contributed by atoms with Crippen LogP contribution in [0.5, 0.6) is 5.75 Å². The number of carbonyl (C=O) groups is 1. The van der Waals surface area contributed by atoms with Crippen molar-refractivity contribution in [2.45, 2.75) is 0 Å². The summed E-state index contributed by atoms with van der Waals surface area (Å²) in [6.45, 7) is 0. The van der Waals surface area contributed by atoms with E-state index >= 15 is 0 Å². The molecule has 0 heterocycles. The number of amides is 1. The Morgan fingerprint density at radius 1 is 1.23 bits per heavy atom. The first-order chi connectivity index (χ1) is 10.7. The van der Waals surface area contributed by atoms with Crippen molar-refractivity contribution in [3.8, 4) is 5.75 Å². The Labute approximate surface area is 134 Å². The molecular formula is C17H15ClN2O2. The molecule has 0 aliphatic carbocycles. The summed E-state index contributed by atoms with van der Waals surface area (Å²) in [7, 11) is 1.49. The van der Waals surface area contributed by atoms with Crippen molar-refractivity contribution >= 4 is 29.8 Å². The highest BCUT2D eigenvalue weighted by molar-refractivity contribution is 6.31. The van der Waals surface area contributed by atoms with Crippen molar-refractivity contribution < 1.29 is 9.53 Å². The van der Waals surface area contributed by atoms with Crippen LogP contribution in [-0.2, 0) is 0 Å². The Morgan fingerprint density at radius 2 is 2.00 bits per heavy atom. The number of hydrogen-bond acceptors (Lipinski definition) is 3. The fourth-order valence-electron chi connectivity index (χ4n) is 1.78. The third-order valence-electron chi connectivity index (χ3n) is 2.82. The molecule has 1 amide bonds. The number of hydrazone groups is 1. The fourth-order valence-corrected chi connectivity index (χ4v) is 1.95. The monoisotopic (exact) mass is 314 g/mol. The van der Waals surface area contributed by atoms with Gasteiger partial charge in [-0.05, 0) is 29.8 Å². The lowest BCUT2D eigenvalue weighted by Crippen LogP contribution is -2.18. The molecule has 22 heavy (non-hydrogen) atoms. The highest BCUT2D eigenvalue weighted by Crippen LogP contribution is 2.22. The molecule has 0 atom stereocenters. The van der Waals surface area contributed by atoms with E-state index in [9.17, 15) is 4.79 Å². The van der Waals surface area contributed by atoms with E-state index in [1.165, 1.54) is 19.4 Å². The molecular weight excluding hydrogens is 300 g/mol. The summed E-state index contributed by atoms with van der Waals surface area (Å²) in [6.07, 6.45) is 5.13. The summed E-state index contributed by atoms with van der Waals surface area (Å²) < 4.78 is 5.12. The van der Waals surface area contributed by atoms with E-state index < -0.39 is 0 Å². The zero-order valence-corrected chi connectivity index (χ0v) is 12.7. The van der Waals surface area contributed by atoms with Gasteiger partial charge in [-0.15, -0.1) is 0 Å². The topological polar surface area (TPSA) is 50.7 Å². The van der Waals surface area contributed by atoms with Crippen molar-refractivity contribution in [1.29, 1.82) is 0 Å². The Bertz CT molecular complexity index is 697. The normalized spacial score (nSPS) is 11.0. The molecule has 4 nitrogen and oxygen atoms in total. The average Bonchev–Trinajstić information content (AvgIpc) is 2.55. The van der Waals surface area contributed by atoms with E-state index in [0.29, 0.717) is 16.3 Å². The second kappa shape index (κ2) is 8.00. The minimum absolute atomic E-state index is 0.333. The van der Waals surface area contributed by atoms with Crippen LogP contribution >= 0.6 is 11.6 Å². The second-order valence-corrected chi connectivity index (χ2v) is 4.77. The van der Waals surface area contributed by atoms with Gasteiger partial charge in [-0.25, -0.2) is 5.43 Å². The average molecular weight is 315 g/mol. The summed E-state index contributed by atoms with van der Waals surface area (Å²) in [5, 5.41) is 4.32. The van der Waals surface area contributed by atoms with Crippen LogP contribution in [0.4, 0.5) is 0 Å². The minimum atomic E-state index is -0.385. The van der Waals surface area contributed by atoms with Crippen LogP contribution in [0.3, 0.4) is 0 Å². The molecule has 5 heteroatoms. The van der Waals surface area contributed by atoms with Gasteiger partial charge in [0.25, 0.3) is 5.91 Å². The lowest BCUT2D eigenvalue weighted by Gasteiger charge is -2.06. The number of nitrogens with zero attached hydrogens (tertiary/aromatic N) is 1. The molecule has 0 aromatic heterocycles. The maximum absolute atomic E-state index is 12.0. The zero-order valence-electron chi connectivity index (χ0n) is 12.0. The standard InChI is InChI=1S/C17H15ClN2O2/c1-22-16-10-9-14(18)12-15(16)17(21)20-19-11-5-8-13-6-3-2-4-7-13/h2-12H,1H3,(H,20,21). The van der Waals surface area contributed by atoms with Gasteiger partial charge in [0.2, 0.25) is 0 Å². The molecule has 2 aromatic carbocycles. The van der Waals surface area contributed by atoms with Gasteiger partial charge in [-0.3, -0.25) is 4.79 Å². The third-order valence-corrected chi connectivity index (χ3v) is 3.06. The minimum Gasteiger partial charge on any atom is -0.496 e. The van der Waals surface area contributed by atoms with Gasteiger partial charge in [-0.2, -0.15) is 5.10 Å². The summed E-state index contributed by atoms with van der Waals surface area (Å²) in [6, 6.07) is 14.6. The molecule has 0 saturated heterocycles. The predicted octanol–water partition coefficient (Wildman–Crippen LogP) is 3.78. The number of nitrogens with one attached hydrogen (secondary N) is 1. The molecule has 0 fully saturated rings.